The first-order chi connectivity index (χ1) is 13.4. The standard InChI is InChI=1S/C20H19Br2NO5/c21-17-11-8-12(18(17)22)16-15(11)19(26)23(20(16)27)7-6-14(25)28-9-13(24)10-4-2-1-3-5-10/h1-5,11-12,15-18H,6-9H2/t11-,12-,15-,16-,17+,18+/m1/s1. The van der Waals surface area contributed by atoms with Crippen molar-refractivity contribution in [3.63, 3.8) is 0 Å². The lowest BCUT2D eigenvalue weighted by Gasteiger charge is -2.28. The predicted octanol–water partition coefficient (Wildman–Crippen LogP) is 2.58. The Morgan fingerprint density at radius 3 is 2.14 bits per heavy atom. The fourth-order valence-corrected chi connectivity index (χ4v) is 6.63. The number of fused-ring (bicyclic) bond motifs is 5. The van der Waals surface area contributed by atoms with Crippen LogP contribution < -0.4 is 0 Å². The first-order valence-corrected chi connectivity index (χ1v) is 11.1. The maximum atomic E-state index is 12.8. The van der Waals surface area contributed by atoms with E-state index in [0.717, 1.165) is 6.42 Å². The van der Waals surface area contributed by atoms with Gasteiger partial charge < -0.3 is 4.74 Å². The fourth-order valence-electron chi connectivity index (χ4n) is 4.76. The number of hydrogen-bond acceptors (Lipinski definition) is 5. The summed E-state index contributed by atoms with van der Waals surface area (Å²) in [7, 11) is 0. The maximum Gasteiger partial charge on any atom is 0.308 e. The van der Waals surface area contributed by atoms with Crippen molar-refractivity contribution in [2.45, 2.75) is 22.5 Å². The van der Waals surface area contributed by atoms with Crippen LogP contribution in [0.2, 0.25) is 0 Å². The van der Waals surface area contributed by atoms with E-state index in [0.29, 0.717) is 5.56 Å². The summed E-state index contributed by atoms with van der Waals surface area (Å²) in [5.41, 5.74) is 0.470. The highest BCUT2D eigenvalue weighted by Gasteiger charge is 2.66. The molecule has 1 aromatic rings. The van der Waals surface area contributed by atoms with Crippen LogP contribution >= 0.6 is 31.9 Å². The SMILES string of the molecule is O=C(CCN1C(=O)[C@@H]2[C@H]3C[C@@H]([C@H](Br)[C@H]3Br)[C@H]2C1=O)OCC(=O)c1ccccc1. The summed E-state index contributed by atoms with van der Waals surface area (Å²) in [6.45, 7) is -0.348. The number of Topliss-reactive ketones (excluding diaryl/α,β-unsaturated/α-hetero) is 1. The molecule has 0 radical (unpaired) electrons. The number of likely N-dealkylation sites (tertiary alicyclic amines) is 1. The number of ether oxygens (including phenoxy) is 1. The van der Waals surface area contributed by atoms with Crippen molar-refractivity contribution in [3.8, 4) is 0 Å². The third kappa shape index (κ3) is 3.24. The molecule has 2 bridgehead atoms. The number of imide groups is 1. The van der Waals surface area contributed by atoms with Gasteiger partial charge in [0.2, 0.25) is 11.8 Å². The molecule has 0 N–H and O–H groups in total. The quantitative estimate of drug-likeness (QED) is 0.253. The summed E-state index contributed by atoms with van der Waals surface area (Å²) in [5.74, 6) is -1.52. The summed E-state index contributed by atoms with van der Waals surface area (Å²) in [6, 6.07) is 8.57. The van der Waals surface area contributed by atoms with Crippen LogP contribution in [-0.4, -0.2) is 51.3 Å². The van der Waals surface area contributed by atoms with Gasteiger partial charge in [0.25, 0.3) is 0 Å². The van der Waals surface area contributed by atoms with Gasteiger partial charge in [-0.3, -0.25) is 24.1 Å². The van der Waals surface area contributed by atoms with Crippen LogP contribution in [0, 0.1) is 23.7 Å². The molecule has 1 heterocycles. The number of carbonyl (C=O) groups is 4. The largest absolute Gasteiger partial charge is 0.457 e. The number of ketones is 1. The van der Waals surface area contributed by atoms with E-state index in [1.165, 1.54) is 4.90 Å². The second-order valence-corrected chi connectivity index (χ2v) is 9.65. The number of benzene rings is 1. The molecule has 2 amide bonds. The highest BCUT2D eigenvalue weighted by molar-refractivity contribution is 9.12. The zero-order chi connectivity index (χ0) is 20.0. The summed E-state index contributed by atoms with van der Waals surface area (Å²) in [4.78, 5) is 51.1. The Balaban J connectivity index is 1.31. The average Bonchev–Trinajstić information content (AvgIpc) is 3.30. The number of amides is 2. The molecule has 4 rings (SSSR count). The van der Waals surface area contributed by atoms with Gasteiger partial charge in [-0.2, -0.15) is 0 Å². The molecule has 6 nitrogen and oxygen atoms in total. The monoisotopic (exact) mass is 511 g/mol. The number of carbonyl (C=O) groups excluding carboxylic acids is 4. The number of esters is 1. The molecule has 1 aliphatic heterocycles. The molecular formula is C20H19Br2NO5. The van der Waals surface area contributed by atoms with Crippen LogP contribution in [0.1, 0.15) is 23.2 Å². The number of alkyl halides is 2. The molecule has 28 heavy (non-hydrogen) atoms. The van der Waals surface area contributed by atoms with E-state index in [1.54, 1.807) is 30.3 Å². The minimum Gasteiger partial charge on any atom is -0.457 e. The van der Waals surface area contributed by atoms with Gasteiger partial charge in [-0.25, -0.2) is 0 Å². The van der Waals surface area contributed by atoms with Gasteiger partial charge >= 0.3 is 5.97 Å². The molecule has 8 heteroatoms. The van der Waals surface area contributed by atoms with Gasteiger partial charge in [0.1, 0.15) is 0 Å². The Labute approximate surface area is 179 Å². The lowest BCUT2D eigenvalue weighted by atomic mass is 9.81. The normalized spacial score (nSPS) is 33.3. The van der Waals surface area contributed by atoms with Gasteiger partial charge in [-0.1, -0.05) is 62.2 Å². The molecule has 1 saturated heterocycles. The van der Waals surface area contributed by atoms with Crippen LogP contribution in [-0.2, 0) is 19.1 Å². The van der Waals surface area contributed by atoms with Crippen molar-refractivity contribution >= 4 is 55.4 Å². The third-order valence-electron chi connectivity index (χ3n) is 6.08. The van der Waals surface area contributed by atoms with E-state index in [2.05, 4.69) is 31.9 Å². The maximum absolute atomic E-state index is 12.8. The van der Waals surface area contributed by atoms with Crippen molar-refractivity contribution in [1.82, 2.24) is 4.90 Å². The molecule has 0 unspecified atom stereocenters. The van der Waals surface area contributed by atoms with Crippen molar-refractivity contribution in [2.24, 2.45) is 23.7 Å². The first-order valence-electron chi connectivity index (χ1n) is 9.27. The smallest absolute Gasteiger partial charge is 0.308 e. The average molecular weight is 513 g/mol. The fraction of sp³-hybridized carbons (Fsp3) is 0.500. The molecule has 0 spiro atoms. The molecule has 6 atom stereocenters. The molecule has 148 valence electrons. The Kier molecular flexibility index (Phi) is 5.44. The zero-order valence-corrected chi connectivity index (χ0v) is 18.1. The second kappa shape index (κ2) is 7.71. The minimum absolute atomic E-state index is 0.00235. The van der Waals surface area contributed by atoms with Gasteiger partial charge in [0.15, 0.2) is 12.4 Å². The number of rotatable bonds is 6. The second-order valence-electron chi connectivity index (χ2n) is 7.53. The van der Waals surface area contributed by atoms with Crippen molar-refractivity contribution in [1.29, 1.82) is 0 Å². The highest BCUT2D eigenvalue weighted by Crippen LogP contribution is 2.60. The van der Waals surface area contributed by atoms with Gasteiger partial charge in [-0.15, -0.1) is 0 Å². The Bertz CT molecular complexity index is 797. The van der Waals surface area contributed by atoms with Gasteiger partial charge in [0, 0.05) is 21.8 Å². The first kappa shape index (κ1) is 19.8. The van der Waals surface area contributed by atoms with E-state index in [4.69, 9.17) is 4.74 Å². The van der Waals surface area contributed by atoms with Crippen molar-refractivity contribution in [2.75, 3.05) is 13.2 Å². The predicted molar refractivity (Wildman–Crippen MR) is 107 cm³/mol. The highest BCUT2D eigenvalue weighted by atomic mass is 79.9. The molecular weight excluding hydrogens is 494 g/mol. The van der Waals surface area contributed by atoms with Crippen molar-refractivity contribution < 1.29 is 23.9 Å². The minimum atomic E-state index is -0.596. The molecule has 1 aromatic carbocycles. The zero-order valence-electron chi connectivity index (χ0n) is 14.9. The Morgan fingerprint density at radius 1 is 1.00 bits per heavy atom. The van der Waals surface area contributed by atoms with E-state index in [-0.39, 0.29) is 70.5 Å². The molecule has 0 aromatic heterocycles. The van der Waals surface area contributed by atoms with Crippen LogP contribution in [0.3, 0.4) is 0 Å². The topological polar surface area (TPSA) is 80.8 Å². The lowest BCUT2D eigenvalue weighted by molar-refractivity contribution is -0.145. The van der Waals surface area contributed by atoms with Crippen LogP contribution in [0.25, 0.3) is 0 Å². The number of nitrogens with zero attached hydrogens (tertiary/aromatic N) is 1. The van der Waals surface area contributed by atoms with E-state index in [1.807, 2.05) is 0 Å². The Morgan fingerprint density at radius 2 is 1.57 bits per heavy atom. The van der Waals surface area contributed by atoms with E-state index in [9.17, 15) is 19.2 Å². The Hall–Kier alpha value is -1.54. The third-order valence-corrected chi connectivity index (χ3v) is 9.28. The summed E-state index contributed by atoms with van der Waals surface area (Å²) in [6.07, 6.45) is 0.764. The van der Waals surface area contributed by atoms with Crippen molar-refractivity contribution in [3.05, 3.63) is 35.9 Å². The summed E-state index contributed by atoms with van der Waals surface area (Å²) >= 11 is 7.29. The van der Waals surface area contributed by atoms with Gasteiger partial charge in [-0.05, 0) is 18.3 Å². The van der Waals surface area contributed by atoms with E-state index >= 15 is 0 Å². The molecule has 3 fully saturated rings. The van der Waals surface area contributed by atoms with E-state index < -0.39 is 5.97 Å². The number of halogens is 2. The molecule has 3 aliphatic rings. The molecule has 2 saturated carbocycles. The molecule has 2 aliphatic carbocycles. The van der Waals surface area contributed by atoms with Crippen LogP contribution in [0.15, 0.2) is 30.3 Å². The summed E-state index contributed by atoms with van der Waals surface area (Å²) in [5, 5.41) is 0. The number of hydrogen-bond donors (Lipinski definition) is 0. The van der Waals surface area contributed by atoms with Crippen LogP contribution in [0.5, 0.6) is 0 Å². The van der Waals surface area contributed by atoms with Crippen LogP contribution in [0.4, 0.5) is 0 Å². The summed E-state index contributed by atoms with van der Waals surface area (Å²) < 4.78 is 5.02. The van der Waals surface area contributed by atoms with Gasteiger partial charge in [0.05, 0.1) is 18.3 Å². The lowest BCUT2D eigenvalue weighted by Crippen LogP contribution is -2.37.